The number of pyridine rings is 1. The normalized spacial score (nSPS) is 29.3. The molecule has 0 saturated heterocycles. The minimum Gasteiger partial charge on any atom is -0.327 e. The van der Waals surface area contributed by atoms with Crippen molar-refractivity contribution in [1.29, 1.82) is 0 Å². The van der Waals surface area contributed by atoms with Crippen molar-refractivity contribution < 1.29 is 9.18 Å². The standard InChI is InChI=1S/C12H15FN2O/c1-12(5-2-3-10(12)14)11(16)8-4-6-15-7-9(8)13/h4,6-7,10H,2-3,5,14H2,1H3. The van der Waals surface area contributed by atoms with Crippen molar-refractivity contribution in [2.24, 2.45) is 11.1 Å². The fourth-order valence-corrected chi connectivity index (χ4v) is 2.34. The molecule has 0 amide bonds. The molecule has 0 aliphatic heterocycles. The molecule has 3 nitrogen and oxygen atoms in total. The lowest BCUT2D eigenvalue weighted by molar-refractivity contribution is 0.0798. The Hall–Kier alpha value is -1.29. The fourth-order valence-electron chi connectivity index (χ4n) is 2.34. The first-order valence-corrected chi connectivity index (χ1v) is 5.45. The maximum absolute atomic E-state index is 13.5. The predicted molar refractivity (Wildman–Crippen MR) is 58.5 cm³/mol. The van der Waals surface area contributed by atoms with Crippen LogP contribution < -0.4 is 5.73 Å². The van der Waals surface area contributed by atoms with E-state index in [9.17, 15) is 9.18 Å². The summed E-state index contributed by atoms with van der Waals surface area (Å²) in [5, 5.41) is 0. The van der Waals surface area contributed by atoms with Gasteiger partial charge in [-0.15, -0.1) is 0 Å². The summed E-state index contributed by atoms with van der Waals surface area (Å²) in [6.45, 7) is 1.83. The van der Waals surface area contributed by atoms with Crippen LogP contribution in [0.5, 0.6) is 0 Å². The summed E-state index contributed by atoms with van der Waals surface area (Å²) in [6, 6.07) is 1.25. The molecule has 1 heterocycles. The predicted octanol–water partition coefficient (Wildman–Crippen LogP) is 1.92. The van der Waals surface area contributed by atoms with Gasteiger partial charge in [0.1, 0.15) is 0 Å². The van der Waals surface area contributed by atoms with Crippen molar-refractivity contribution in [1.82, 2.24) is 4.98 Å². The van der Waals surface area contributed by atoms with E-state index in [0.29, 0.717) is 0 Å². The molecule has 2 unspecified atom stereocenters. The summed E-state index contributed by atoms with van der Waals surface area (Å²) >= 11 is 0. The number of nitrogens with two attached hydrogens (primary N) is 1. The second-order valence-corrected chi connectivity index (χ2v) is 4.60. The van der Waals surface area contributed by atoms with E-state index in [1.165, 1.54) is 12.3 Å². The number of halogens is 1. The third-order valence-electron chi connectivity index (χ3n) is 3.57. The van der Waals surface area contributed by atoms with Crippen LogP contribution in [-0.4, -0.2) is 16.8 Å². The van der Waals surface area contributed by atoms with Crippen LogP contribution in [-0.2, 0) is 0 Å². The molecule has 0 bridgehead atoms. The zero-order chi connectivity index (χ0) is 11.8. The van der Waals surface area contributed by atoms with Crippen LogP contribution in [0.4, 0.5) is 4.39 Å². The molecular weight excluding hydrogens is 207 g/mol. The number of carbonyl (C=O) groups is 1. The largest absolute Gasteiger partial charge is 0.327 e. The number of nitrogens with zero attached hydrogens (tertiary/aromatic N) is 1. The van der Waals surface area contributed by atoms with E-state index in [1.54, 1.807) is 0 Å². The molecule has 1 aliphatic carbocycles. The third-order valence-corrected chi connectivity index (χ3v) is 3.57. The number of Topliss-reactive ketones (excluding diaryl/α,β-unsaturated/α-hetero) is 1. The van der Waals surface area contributed by atoms with Crippen molar-refractivity contribution in [2.45, 2.75) is 32.2 Å². The van der Waals surface area contributed by atoms with Gasteiger partial charge in [0.15, 0.2) is 11.6 Å². The van der Waals surface area contributed by atoms with E-state index < -0.39 is 11.2 Å². The third kappa shape index (κ3) is 1.63. The highest BCUT2D eigenvalue weighted by molar-refractivity contribution is 6.01. The average Bonchev–Trinajstić information content (AvgIpc) is 2.60. The van der Waals surface area contributed by atoms with Crippen molar-refractivity contribution in [3.8, 4) is 0 Å². The highest BCUT2D eigenvalue weighted by Gasteiger charge is 2.43. The lowest BCUT2D eigenvalue weighted by Gasteiger charge is -2.27. The van der Waals surface area contributed by atoms with Gasteiger partial charge >= 0.3 is 0 Å². The van der Waals surface area contributed by atoms with Gasteiger partial charge in [0.2, 0.25) is 0 Å². The molecule has 1 fully saturated rings. The Morgan fingerprint density at radius 1 is 1.69 bits per heavy atom. The second-order valence-electron chi connectivity index (χ2n) is 4.60. The summed E-state index contributed by atoms with van der Waals surface area (Å²) in [7, 11) is 0. The van der Waals surface area contributed by atoms with Crippen LogP contribution in [0.15, 0.2) is 18.5 Å². The van der Waals surface area contributed by atoms with Gasteiger partial charge in [-0.1, -0.05) is 13.3 Å². The zero-order valence-corrected chi connectivity index (χ0v) is 9.24. The van der Waals surface area contributed by atoms with E-state index in [1.807, 2.05) is 6.92 Å². The zero-order valence-electron chi connectivity index (χ0n) is 9.24. The maximum Gasteiger partial charge on any atom is 0.173 e. The molecule has 4 heteroatoms. The SMILES string of the molecule is CC1(C(=O)c2ccncc2F)CCCC1N. The molecule has 2 rings (SSSR count). The molecule has 1 aromatic heterocycles. The fraction of sp³-hybridized carbons (Fsp3) is 0.500. The van der Waals surface area contributed by atoms with Crippen molar-refractivity contribution in [2.75, 3.05) is 0 Å². The van der Waals surface area contributed by atoms with Gasteiger partial charge in [-0.25, -0.2) is 4.39 Å². The molecule has 16 heavy (non-hydrogen) atoms. The van der Waals surface area contributed by atoms with Gasteiger partial charge < -0.3 is 5.73 Å². The van der Waals surface area contributed by atoms with Gasteiger partial charge in [0.05, 0.1) is 11.8 Å². The van der Waals surface area contributed by atoms with E-state index in [2.05, 4.69) is 4.98 Å². The molecule has 2 N–H and O–H groups in total. The molecule has 0 spiro atoms. The summed E-state index contributed by atoms with van der Waals surface area (Å²) in [6.07, 6.45) is 4.98. The highest BCUT2D eigenvalue weighted by atomic mass is 19.1. The van der Waals surface area contributed by atoms with Crippen LogP contribution in [0.25, 0.3) is 0 Å². The van der Waals surface area contributed by atoms with Crippen molar-refractivity contribution in [3.63, 3.8) is 0 Å². The smallest absolute Gasteiger partial charge is 0.173 e. The van der Waals surface area contributed by atoms with Crippen LogP contribution in [0.2, 0.25) is 0 Å². The van der Waals surface area contributed by atoms with Crippen LogP contribution in [0.3, 0.4) is 0 Å². The Labute approximate surface area is 93.9 Å². The molecule has 0 aromatic carbocycles. The Morgan fingerprint density at radius 2 is 2.44 bits per heavy atom. The quantitative estimate of drug-likeness (QED) is 0.778. The van der Waals surface area contributed by atoms with Crippen LogP contribution in [0.1, 0.15) is 36.5 Å². The number of rotatable bonds is 2. The summed E-state index contributed by atoms with van der Waals surface area (Å²) in [5.41, 5.74) is 5.43. The lowest BCUT2D eigenvalue weighted by Crippen LogP contribution is -2.41. The highest BCUT2D eigenvalue weighted by Crippen LogP contribution is 2.39. The van der Waals surface area contributed by atoms with Crippen LogP contribution in [0, 0.1) is 11.2 Å². The second kappa shape index (κ2) is 3.94. The number of ketones is 1. The molecule has 2 atom stereocenters. The van der Waals surface area contributed by atoms with Gasteiger partial charge in [0.25, 0.3) is 0 Å². The number of aromatic nitrogens is 1. The first kappa shape index (κ1) is 11.2. The van der Waals surface area contributed by atoms with E-state index in [0.717, 1.165) is 25.5 Å². The number of hydrogen-bond acceptors (Lipinski definition) is 3. The Kier molecular flexibility index (Phi) is 2.76. The lowest BCUT2D eigenvalue weighted by atomic mass is 9.78. The Balaban J connectivity index is 2.36. The molecule has 0 radical (unpaired) electrons. The molecule has 1 saturated carbocycles. The average molecular weight is 222 g/mol. The molecule has 1 aromatic rings. The van der Waals surface area contributed by atoms with E-state index >= 15 is 0 Å². The summed E-state index contributed by atoms with van der Waals surface area (Å²) in [5.74, 6) is -0.759. The number of carbonyl (C=O) groups excluding carboxylic acids is 1. The van der Waals surface area contributed by atoms with Gasteiger partial charge in [-0.3, -0.25) is 9.78 Å². The minimum absolute atomic E-state index is 0.106. The van der Waals surface area contributed by atoms with Gasteiger partial charge in [-0.2, -0.15) is 0 Å². The first-order chi connectivity index (χ1) is 7.55. The van der Waals surface area contributed by atoms with E-state index in [-0.39, 0.29) is 17.4 Å². The first-order valence-electron chi connectivity index (χ1n) is 5.45. The van der Waals surface area contributed by atoms with E-state index in [4.69, 9.17) is 5.73 Å². The van der Waals surface area contributed by atoms with Crippen molar-refractivity contribution >= 4 is 5.78 Å². The summed E-state index contributed by atoms with van der Waals surface area (Å²) < 4.78 is 13.5. The maximum atomic E-state index is 13.5. The summed E-state index contributed by atoms with van der Waals surface area (Å²) in [4.78, 5) is 15.9. The van der Waals surface area contributed by atoms with Crippen molar-refractivity contribution in [3.05, 3.63) is 29.8 Å². The molecule has 1 aliphatic rings. The van der Waals surface area contributed by atoms with Gasteiger partial charge in [-0.05, 0) is 18.9 Å². The monoisotopic (exact) mass is 222 g/mol. The Bertz CT molecular complexity index is 421. The Morgan fingerprint density at radius 3 is 3.00 bits per heavy atom. The molecule has 86 valence electrons. The molecular formula is C12H15FN2O. The minimum atomic E-state index is -0.623. The topological polar surface area (TPSA) is 56.0 Å². The van der Waals surface area contributed by atoms with Crippen LogP contribution >= 0.6 is 0 Å². The number of hydrogen-bond donors (Lipinski definition) is 1. The van der Waals surface area contributed by atoms with Gasteiger partial charge in [0, 0.05) is 17.7 Å².